The van der Waals surface area contributed by atoms with Crippen LogP contribution in [0.2, 0.25) is 5.02 Å². The summed E-state index contributed by atoms with van der Waals surface area (Å²) in [6, 6.07) is 7.05. The van der Waals surface area contributed by atoms with Crippen LogP contribution in [0.15, 0.2) is 24.3 Å². The van der Waals surface area contributed by atoms with Crippen molar-refractivity contribution in [3.8, 4) is 0 Å². The van der Waals surface area contributed by atoms with Gasteiger partial charge in [-0.15, -0.1) is 0 Å². The molecular weight excluding hydrogens is 146 g/mol. The molecule has 1 rings (SSSR count). The molecule has 0 spiro atoms. The molecular formula is C8H10ClN. The Labute approximate surface area is 70.2 Å². The van der Waals surface area contributed by atoms with E-state index in [0.717, 1.165) is 5.56 Å². The number of hydrogen-bond donors (Lipinski definition) is 1. The highest BCUT2D eigenvalue weighted by molar-refractivity contribution is 6.30. The van der Waals surface area contributed by atoms with E-state index in [1.807, 2.05) is 0 Å². The SMILES string of the molecule is [2H]C([2H])([2H])NCc1ccc(Cl)cc1. The van der Waals surface area contributed by atoms with Crippen LogP contribution in [0.4, 0.5) is 0 Å². The first-order chi connectivity index (χ1) is 5.97. The first-order valence-electron chi connectivity index (χ1n) is 4.47. The number of benzene rings is 1. The maximum atomic E-state index is 6.92. The van der Waals surface area contributed by atoms with Crippen LogP contribution in [0.1, 0.15) is 9.68 Å². The molecule has 1 N–H and O–H groups in total. The van der Waals surface area contributed by atoms with Crippen LogP contribution in [0.3, 0.4) is 0 Å². The standard InChI is InChI=1S/C8H10ClN/c1-10-6-7-2-4-8(9)5-3-7/h2-5,10H,6H2,1H3/i1D3. The summed E-state index contributed by atoms with van der Waals surface area (Å²) < 4.78 is 20.8. The Morgan fingerprint density at radius 1 is 1.50 bits per heavy atom. The second-order valence-corrected chi connectivity index (χ2v) is 2.42. The highest BCUT2D eigenvalue weighted by Crippen LogP contribution is 2.08. The van der Waals surface area contributed by atoms with Crippen LogP contribution in [0.5, 0.6) is 0 Å². The number of halogens is 1. The zero-order valence-corrected chi connectivity index (χ0v) is 6.15. The first-order valence-corrected chi connectivity index (χ1v) is 3.35. The van der Waals surface area contributed by atoms with Gasteiger partial charge < -0.3 is 5.32 Å². The van der Waals surface area contributed by atoms with E-state index in [1.165, 1.54) is 0 Å². The van der Waals surface area contributed by atoms with Crippen LogP contribution in [0.25, 0.3) is 0 Å². The molecule has 0 aliphatic carbocycles. The lowest BCUT2D eigenvalue weighted by molar-refractivity contribution is 0.818. The molecule has 0 radical (unpaired) electrons. The summed E-state index contributed by atoms with van der Waals surface area (Å²) in [5, 5.41) is 3.07. The molecule has 0 saturated heterocycles. The molecule has 1 aromatic carbocycles. The van der Waals surface area contributed by atoms with Crippen molar-refractivity contribution in [2.24, 2.45) is 0 Å². The third kappa shape index (κ3) is 2.01. The van der Waals surface area contributed by atoms with E-state index in [1.54, 1.807) is 24.3 Å². The van der Waals surface area contributed by atoms with Gasteiger partial charge in [0.05, 0.1) is 0 Å². The lowest BCUT2D eigenvalue weighted by Crippen LogP contribution is -2.04. The fourth-order valence-electron chi connectivity index (χ4n) is 0.704. The Hall–Kier alpha value is -0.530. The molecule has 1 aromatic rings. The zero-order chi connectivity index (χ0) is 9.90. The van der Waals surface area contributed by atoms with Crippen LogP contribution in [-0.4, -0.2) is 6.98 Å². The molecule has 10 heavy (non-hydrogen) atoms. The summed E-state index contributed by atoms with van der Waals surface area (Å²) >= 11 is 5.67. The van der Waals surface area contributed by atoms with Gasteiger partial charge in [0.25, 0.3) is 0 Å². The van der Waals surface area contributed by atoms with Gasteiger partial charge in [0.15, 0.2) is 0 Å². The van der Waals surface area contributed by atoms with Crippen LogP contribution < -0.4 is 5.32 Å². The molecule has 0 atom stereocenters. The lowest BCUT2D eigenvalue weighted by atomic mass is 10.2. The minimum atomic E-state index is -2.08. The van der Waals surface area contributed by atoms with E-state index in [4.69, 9.17) is 15.7 Å². The molecule has 54 valence electrons. The molecule has 1 nitrogen and oxygen atoms in total. The third-order valence-corrected chi connectivity index (χ3v) is 1.46. The van der Waals surface area contributed by atoms with Crippen molar-refractivity contribution in [1.82, 2.24) is 5.32 Å². The summed E-state index contributed by atoms with van der Waals surface area (Å²) in [5.74, 6) is 0. The molecule has 0 heterocycles. The van der Waals surface area contributed by atoms with E-state index in [0.29, 0.717) is 11.6 Å². The van der Waals surface area contributed by atoms with Gasteiger partial charge in [-0.1, -0.05) is 23.7 Å². The predicted octanol–water partition coefficient (Wildman–Crippen LogP) is 2.06. The number of hydrogen-bond acceptors (Lipinski definition) is 1. The van der Waals surface area contributed by atoms with Crippen molar-refractivity contribution in [2.45, 2.75) is 6.54 Å². The summed E-state index contributed by atoms with van der Waals surface area (Å²) in [6.45, 7) is -1.76. The Kier molecular flexibility index (Phi) is 1.57. The summed E-state index contributed by atoms with van der Waals surface area (Å²) in [6.07, 6.45) is 0. The van der Waals surface area contributed by atoms with Gasteiger partial charge in [-0.2, -0.15) is 0 Å². The monoisotopic (exact) mass is 158 g/mol. The molecule has 0 amide bonds. The second kappa shape index (κ2) is 3.59. The minimum Gasteiger partial charge on any atom is -0.316 e. The molecule has 0 bridgehead atoms. The maximum Gasteiger partial charge on any atom is 0.0406 e. The Bertz CT molecular complexity index is 268. The average Bonchev–Trinajstić information content (AvgIpc) is 2.02. The Balaban J connectivity index is 2.51. The van der Waals surface area contributed by atoms with Gasteiger partial charge in [0.1, 0.15) is 0 Å². The molecule has 0 aliphatic rings. The van der Waals surface area contributed by atoms with Crippen molar-refractivity contribution in [3.63, 3.8) is 0 Å². The number of nitrogens with one attached hydrogen (secondary N) is 1. The molecule has 0 aliphatic heterocycles. The highest BCUT2D eigenvalue weighted by Gasteiger charge is 1.88. The molecule has 2 heteroatoms. The maximum absolute atomic E-state index is 6.92. The van der Waals surface area contributed by atoms with Crippen molar-refractivity contribution in [3.05, 3.63) is 34.9 Å². The van der Waals surface area contributed by atoms with Crippen molar-refractivity contribution < 1.29 is 4.11 Å². The smallest absolute Gasteiger partial charge is 0.0406 e. The fourth-order valence-corrected chi connectivity index (χ4v) is 0.830. The lowest BCUT2D eigenvalue weighted by Gasteiger charge is -1.97. The first kappa shape index (κ1) is 4.37. The molecule has 0 saturated carbocycles. The van der Waals surface area contributed by atoms with Gasteiger partial charge in [0.2, 0.25) is 0 Å². The molecule has 0 fully saturated rings. The van der Waals surface area contributed by atoms with Crippen molar-refractivity contribution in [1.29, 1.82) is 0 Å². The fraction of sp³-hybridized carbons (Fsp3) is 0.250. The quantitative estimate of drug-likeness (QED) is 0.695. The third-order valence-electron chi connectivity index (χ3n) is 1.21. The van der Waals surface area contributed by atoms with Crippen molar-refractivity contribution in [2.75, 3.05) is 6.98 Å². The van der Waals surface area contributed by atoms with E-state index >= 15 is 0 Å². The summed E-state index contributed by atoms with van der Waals surface area (Å²) in [7, 11) is 0. The van der Waals surface area contributed by atoms with E-state index in [-0.39, 0.29) is 0 Å². The van der Waals surface area contributed by atoms with E-state index in [2.05, 4.69) is 5.32 Å². The topological polar surface area (TPSA) is 12.0 Å². The van der Waals surface area contributed by atoms with Crippen LogP contribution in [0, 0.1) is 0 Å². The van der Waals surface area contributed by atoms with Gasteiger partial charge in [0, 0.05) is 15.7 Å². The predicted molar refractivity (Wildman–Crippen MR) is 44.2 cm³/mol. The Morgan fingerprint density at radius 2 is 2.20 bits per heavy atom. The molecule has 0 aromatic heterocycles. The van der Waals surface area contributed by atoms with Crippen LogP contribution in [-0.2, 0) is 6.54 Å². The zero-order valence-electron chi connectivity index (χ0n) is 8.39. The van der Waals surface area contributed by atoms with Gasteiger partial charge in [-0.25, -0.2) is 0 Å². The van der Waals surface area contributed by atoms with Gasteiger partial charge in [-0.05, 0) is 24.7 Å². The molecule has 0 unspecified atom stereocenters. The van der Waals surface area contributed by atoms with Crippen molar-refractivity contribution >= 4 is 11.6 Å². The number of rotatable bonds is 2. The average molecular weight is 159 g/mol. The highest BCUT2D eigenvalue weighted by atomic mass is 35.5. The Morgan fingerprint density at radius 3 is 2.80 bits per heavy atom. The van der Waals surface area contributed by atoms with Gasteiger partial charge >= 0.3 is 0 Å². The summed E-state index contributed by atoms with van der Waals surface area (Å²) in [4.78, 5) is 0. The van der Waals surface area contributed by atoms with Gasteiger partial charge in [-0.3, -0.25) is 0 Å². The summed E-state index contributed by atoms with van der Waals surface area (Å²) in [5.41, 5.74) is 0.903. The van der Waals surface area contributed by atoms with Crippen LogP contribution >= 0.6 is 11.6 Å². The van der Waals surface area contributed by atoms with E-state index < -0.39 is 6.98 Å². The normalized spacial score (nSPS) is 15.5. The minimum absolute atomic E-state index is 0.327. The largest absolute Gasteiger partial charge is 0.316 e. The van der Waals surface area contributed by atoms with E-state index in [9.17, 15) is 0 Å². The second-order valence-electron chi connectivity index (χ2n) is 1.98.